The Morgan fingerprint density at radius 2 is 1.75 bits per heavy atom. The Balaban J connectivity index is 1.56. The first kappa shape index (κ1) is 22.2. The summed E-state index contributed by atoms with van der Waals surface area (Å²) in [5.41, 5.74) is 5.31. The van der Waals surface area contributed by atoms with Gasteiger partial charge in [0.25, 0.3) is 0 Å². The number of hydrogen-bond donors (Lipinski definition) is 0. The van der Waals surface area contributed by atoms with Gasteiger partial charge in [0.2, 0.25) is 0 Å². The molecule has 0 aliphatic heterocycles. The van der Waals surface area contributed by atoms with E-state index in [0.29, 0.717) is 40.8 Å². The van der Waals surface area contributed by atoms with Crippen LogP contribution in [0.25, 0.3) is 38.9 Å². The van der Waals surface area contributed by atoms with E-state index in [1.165, 1.54) is 12.5 Å². The molecule has 178 valence electrons. The lowest BCUT2D eigenvalue weighted by atomic mass is 10.1. The number of pyridine rings is 2. The van der Waals surface area contributed by atoms with Gasteiger partial charge in [0.05, 0.1) is 44.4 Å². The molecule has 3 heterocycles. The fourth-order valence-electron chi connectivity index (χ4n) is 4.93. The number of sulfone groups is 1. The molecule has 8 nitrogen and oxygen atoms in total. The second-order valence-corrected chi connectivity index (χ2v) is 11.6. The molecule has 1 fully saturated rings. The van der Waals surface area contributed by atoms with Gasteiger partial charge in [0, 0.05) is 30.4 Å². The number of fused-ring (bicyclic) bond motifs is 3. The topological polar surface area (TPSA) is 111 Å². The number of nitrogens with zero attached hydrogens (tertiary/aromatic N) is 5. The average Bonchev–Trinajstić information content (AvgIpc) is 3.67. The number of rotatable bonds is 4. The van der Waals surface area contributed by atoms with Gasteiger partial charge in [-0.05, 0) is 54.8 Å². The van der Waals surface area contributed by atoms with Crippen LogP contribution in [0.15, 0.2) is 71.8 Å². The van der Waals surface area contributed by atoms with Crippen molar-refractivity contribution in [3.8, 4) is 23.0 Å². The number of imidazole rings is 1. The minimum absolute atomic E-state index is 0.224. The zero-order valence-corrected chi connectivity index (χ0v) is 20.5. The molecule has 1 aliphatic carbocycles. The zero-order chi connectivity index (χ0) is 25.2. The molecule has 9 heteroatoms. The van der Waals surface area contributed by atoms with Crippen LogP contribution in [0.4, 0.5) is 0 Å². The van der Waals surface area contributed by atoms with E-state index < -0.39 is 14.6 Å². The Bertz CT molecular complexity index is 1890. The van der Waals surface area contributed by atoms with Crippen LogP contribution in [0.5, 0.6) is 0 Å². The molecule has 5 aromatic rings. The molecule has 2 aromatic carbocycles. The Labute approximate surface area is 207 Å². The maximum Gasteiger partial charge on any atom is 0.333 e. The highest BCUT2D eigenvalue weighted by atomic mass is 32.2. The van der Waals surface area contributed by atoms with Gasteiger partial charge in [0.15, 0.2) is 9.84 Å². The number of benzene rings is 2. The van der Waals surface area contributed by atoms with Crippen molar-refractivity contribution in [2.45, 2.75) is 17.6 Å². The highest BCUT2D eigenvalue weighted by Crippen LogP contribution is 2.52. The second kappa shape index (κ2) is 7.60. The van der Waals surface area contributed by atoms with Crippen LogP contribution in [0, 0.1) is 11.3 Å². The van der Waals surface area contributed by atoms with Gasteiger partial charge in [-0.3, -0.25) is 19.1 Å². The van der Waals surface area contributed by atoms with Crippen molar-refractivity contribution in [3.63, 3.8) is 0 Å². The molecule has 0 saturated heterocycles. The number of aryl methyl sites for hydroxylation is 1. The van der Waals surface area contributed by atoms with Gasteiger partial charge in [-0.2, -0.15) is 5.26 Å². The standard InChI is InChI=1S/C27H21N5O3S/c1-31-24-16-30-23-10-4-18(22-9-3-17(14-28)15-29-22)13-21(23)25(24)32(26(31)33)20-7-5-19(6-8-20)27(11-12-27)36(2,34)35/h3-10,13,15-16H,11-12H2,1-2H3. The summed E-state index contributed by atoms with van der Waals surface area (Å²) in [6.45, 7) is 0. The Morgan fingerprint density at radius 3 is 2.36 bits per heavy atom. The van der Waals surface area contributed by atoms with Crippen molar-refractivity contribution in [1.29, 1.82) is 5.26 Å². The van der Waals surface area contributed by atoms with Crippen LogP contribution in [0.1, 0.15) is 24.0 Å². The monoisotopic (exact) mass is 495 g/mol. The van der Waals surface area contributed by atoms with Crippen molar-refractivity contribution in [2.24, 2.45) is 7.05 Å². The summed E-state index contributed by atoms with van der Waals surface area (Å²) in [7, 11) is -1.52. The fraction of sp³-hybridized carbons (Fsp3) is 0.185. The van der Waals surface area contributed by atoms with Crippen molar-refractivity contribution < 1.29 is 8.42 Å². The molecule has 0 unspecified atom stereocenters. The van der Waals surface area contributed by atoms with E-state index in [9.17, 15) is 13.2 Å². The molecular formula is C27H21N5O3S. The molecule has 0 spiro atoms. The van der Waals surface area contributed by atoms with Crippen molar-refractivity contribution in [1.82, 2.24) is 19.1 Å². The smallest absolute Gasteiger partial charge is 0.293 e. The lowest BCUT2D eigenvalue weighted by Gasteiger charge is -2.14. The zero-order valence-electron chi connectivity index (χ0n) is 19.6. The van der Waals surface area contributed by atoms with Crippen LogP contribution in [-0.4, -0.2) is 33.8 Å². The largest absolute Gasteiger partial charge is 0.333 e. The van der Waals surface area contributed by atoms with Crippen molar-refractivity contribution in [3.05, 3.63) is 88.6 Å². The summed E-state index contributed by atoms with van der Waals surface area (Å²) in [6.07, 6.45) is 5.72. The SMILES string of the molecule is Cn1c(=O)n(-c2ccc(C3(S(C)(=O)=O)CC3)cc2)c2c3cc(-c4ccc(C#N)cn4)ccc3ncc21. The minimum Gasteiger partial charge on any atom is -0.293 e. The molecule has 1 aliphatic rings. The van der Waals surface area contributed by atoms with E-state index in [1.807, 2.05) is 30.3 Å². The molecule has 0 amide bonds. The van der Waals surface area contributed by atoms with Crippen LogP contribution in [-0.2, 0) is 21.6 Å². The molecule has 6 rings (SSSR count). The molecule has 36 heavy (non-hydrogen) atoms. The van der Waals surface area contributed by atoms with E-state index >= 15 is 0 Å². The van der Waals surface area contributed by atoms with E-state index in [-0.39, 0.29) is 5.69 Å². The molecule has 0 radical (unpaired) electrons. The lowest BCUT2D eigenvalue weighted by Crippen LogP contribution is -2.21. The first-order valence-electron chi connectivity index (χ1n) is 11.4. The quantitative estimate of drug-likeness (QED) is 0.375. The summed E-state index contributed by atoms with van der Waals surface area (Å²) in [6, 6.07) is 18.6. The van der Waals surface area contributed by atoms with Gasteiger partial charge in [-0.25, -0.2) is 13.2 Å². The Hall–Kier alpha value is -4.29. The third kappa shape index (κ3) is 3.18. The van der Waals surface area contributed by atoms with Gasteiger partial charge in [0.1, 0.15) is 6.07 Å². The van der Waals surface area contributed by atoms with Crippen LogP contribution in [0.2, 0.25) is 0 Å². The molecule has 0 bridgehead atoms. The maximum absolute atomic E-state index is 13.4. The normalized spacial score (nSPS) is 14.7. The van der Waals surface area contributed by atoms with Crippen LogP contribution >= 0.6 is 0 Å². The first-order valence-corrected chi connectivity index (χ1v) is 13.3. The third-order valence-corrected chi connectivity index (χ3v) is 9.20. The maximum atomic E-state index is 13.4. The lowest BCUT2D eigenvalue weighted by molar-refractivity contribution is 0.586. The summed E-state index contributed by atoms with van der Waals surface area (Å²) in [4.78, 5) is 22.3. The first-order chi connectivity index (χ1) is 17.2. The van der Waals surface area contributed by atoms with Gasteiger partial charge < -0.3 is 0 Å². The van der Waals surface area contributed by atoms with Gasteiger partial charge >= 0.3 is 5.69 Å². The average molecular weight is 496 g/mol. The molecule has 0 atom stereocenters. The van der Waals surface area contributed by atoms with Crippen LogP contribution < -0.4 is 5.69 Å². The van der Waals surface area contributed by atoms with E-state index in [4.69, 9.17) is 5.26 Å². The second-order valence-electron chi connectivity index (χ2n) is 9.26. The highest BCUT2D eigenvalue weighted by Gasteiger charge is 2.53. The van der Waals surface area contributed by atoms with Gasteiger partial charge in [-0.15, -0.1) is 0 Å². The molecule has 3 aromatic heterocycles. The van der Waals surface area contributed by atoms with Crippen molar-refractivity contribution in [2.75, 3.05) is 6.26 Å². The predicted octanol–water partition coefficient (Wildman–Crippen LogP) is 3.84. The third-order valence-electron chi connectivity index (χ3n) is 7.14. The summed E-state index contributed by atoms with van der Waals surface area (Å²) >= 11 is 0. The Morgan fingerprint density at radius 1 is 1.00 bits per heavy atom. The summed E-state index contributed by atoms with van der Waals surface area (Å²) < 4.78 is 27.1. The molecular weight excluding hydrogens is 474 g/mol. The number of nitriles is 1. The molecule has 0 N–H and O–H groups in total. The van der Waals surface area contributed by atoms with E-state index in [2.05, 4.69) is 16.0 Å². The van der Waals surface area contributed by atoms with Crippen LogP contribution in [0.3, 0.4) is 0 Å². The fourth-order valence-corrected chi connectivity index (χ4v) is 6.34. The van der Waals surface area contributed by atoms with E-state index in [0.717, 1.165) is 22.0 Å². The minimum atomic E-state index is -3.23. The van der Waals surface area contributed by atoms with E-state index in [1.54, 1.807) is 46.6 Å². The number of hydrogen-bond acceptors (Lipinski definition) is 6. The predicted molar refractivity (Wildman–Crippen MR) is 138 cm³/mol. The van der Waals surface area contributed by atoms with Crippen molar-refractivity contribution >= 4 is 31.8 Å². The highest BCUT2D eigenvalue weighted by molar-refractivity contribution is 7.92. The summed E-state index contributed by atoms with van der Waals surface area (Å²) in [5.74, 6) is 0. The summed E-state index contributed by atoms with van der Waals surface area (Å²) in [5, 5.41) is 9.85. The Kier molecular flexibility index (Phi) is 4.69. The van der Waals surface area contributed by atoms with Gasteiger partial charge in [-0.1, -0.05) is 18.2 Å². The molecule has 1 saturated carbocycles. The number of aromatic nitrogens is 4.